The lowest BCUT2D eigenvalue weighted by atomic mass is 10.0. The Morgan fingerprint density at radius 2 is 1.87 bits per heavy atom. The number of nitrogens with zero attached hydrogens (tertiary/aromatic N) is 4. The van der Waals surface area contributed by atoms with Crippen molar-refractivity contribution in [3.05, 3.63) is 59.0 Å². The van der Waals surface area contributed by atoms with Crippen LogP contribution < -0.4 is 10.6 Å². The number of H-pyrrole nitrogens is 1. The number of pyridine rings is 2. The van der Waals surface area contributed by atoms with Crippen molar-refractivity contribution in [1.29, 1.82) is 5.26 Å². The molecule has 0 bridgehead atoms. The quantitative estimate of drug-likeness (QED) is 0.208. The molecule has 8 nitrogen and oxygen atoms in total. The number of imidazole rings is 1. The van der Waals surface area contributed by atoms with Crippen molar-refractivity contribution in [2.45, 2.75) is 64.4 Å². The lowest BCUT2D eigenvalue weighted by Gasteiger charge is -2.16. The molecule has 1 aromatic carbocycles. The van der Waals surface area contributed by atoms with E-state index in [-0.39, 0.29) is 12.0 Å². The van der Waals surface area contributed by atoms with Crippen molar-refractivity contribution >= 4 is 45.9 Å². The molecule has 0 amide bonds. The van der Waals surface area contributed by atoms with Crippen molar-refractivity contribution in [1.82, 2.24) is 19.9 Å². The number of hydrogen-bond acceptors (Lipinski definition) is 8. The van der Waals surface area contributed by atoms with Crippen molar-refractivity contribution in [2.24, 2.45) is 0 Å². The highest BCUT2D eigenvalue weighted by Crippen LogP contribution is 2.37. The zero-order valence-electron chi connectivity index (χ0n) is 22.8. The van der Waals surface area contributed by atoms with E-state index in [0.717, 1.165) is 52.6 Å². The van der Waals surface area contributed by atoms with Gasteiger partial charge in [0, 0.05) is 17.6 Å². The minimum Gasteiger partial charge on any atom is -0.374 e. The standard InChI is InChI=1S/C27H29N7OS.C2H6/c1-15(2)18-8-10-24(32-21(18)14-28)33-25-13-20(26-27(34-25)30-16(3)29-26)31-19-9-7-17(12-23(19)36-4)22-6-5-11-35-22;1-2/h7-10,12-13,15,22H,5-6,11H2,1-4H3,(H3,29,30,31,32,33,34);1-2H3/t22-;/m1./s1. The van der Waals surface area contributed by atoms with Crippen LogP contribution in [0.1, 0.15) is 75.2 Å². The van der Waals surface area contributed by atoms with Crippen LogP contribution in [0.15, 0.2) is 41.3 Å². The molecule has 38 heavy (non-hydrogen) atoms. The number of aromatic nitrogens is 4. The number of ether oxygens (including phenoxy) is 1. The predicted molar refractivity (Wildman–Crippen MR) is 156 cm³/mol. The number of nitriles is 1. The highest BCUT2D eigenvalue weighted by molar-refractivity contribution is 7.98. The fourth-order valence-electron chi connectivity index (χ4n) is 4.49. The van der Waals surface area contributed by atoms with Gasteiger partial charge in [0.2, 0.25) is 0 Å². The summed E-state index contributed by atoms with van der Waals surface area (Å²) >= 11 is 1.70. The molecule has 4 heterocycles. The summed E-state index contributed by atoms with van der Waals surface area (Å²) in [6.45, 7) is 10.8. The van der Waals surface area contributed by atoms with E-state index < -0.39 is 0 Å². The Morgan fingerprint density at radius 1 is 1.05 bits per heavy atom. The average molecular weight is 530 g/mol. The number of thioether (sulfide) groups is 1. The van der Waals surface area contributed by atoms with Crippen LogP contribution in [0.25, 0.3) is 11.2 Å². The second kappa shape index (κ2) is 12.3. The summed E-state index contributed by atoms with van der Waals surface area (Å²) in [5.41, 5.74) is 5.83. The van der Waals surface area contributed by atoms with Crippen molar-refractivity contribution in [2.75, 3.05) is 23.5 Å². The molecule has 0 spiro atoms. The molecule has 3 N–H and O–H groups in total. The van der Waals surface area contributed by atoms with Gasteiger partial charge in [-0.05, 0) is 61.3 Å². The van der Waals surface area contributed by atoms with Crippen LogP contribution in [0.3, 0.4) is 0 Å². The first kappa shape index (κ1) is 27.4. The van der Waals surface area contributed by atoms with Gasteiger partial charge in [0.15, 0.2) is 5.65 Å². The molecule has 1 aliphatic heterocycles. The molecule has 9 heteroatoms. The fraction of sp³-hybridized carbons (Fsp3) is 0.379. The molecular formula is C29H35N7OS. The van der Waals surface area contributed by atoms with E-state index in [0.29, 0.717) is 23.0 Å². The maximum absolute atomic E-state index is 9.56. The summed E-state index contributed by atoms with van der Waals surface area (Å²) in [4.78, 5) is 18.2. The SMILES string of the molecule is CC.CSc1cc([C@H]2CCCO2)ccc1Nc1cc(Nc2ccc(C(C)C)c(C#N)n2)nc2nc(C)[nH]c12. The Balaban J connectivity index is 0.00000164. The number of fused-ring (bicyclic) bond motifs is 1. The third kappa shape index (κ3) is 5.93. The second-order valence-corrected chi connectivity index (χ2v) is 10.0. The fourth-order valence-corrected chi connectivity index (χ4v) is 5.08. The van der Waals surface area contributed by atoms with Gasteiger partial charge in [0.25, 0.3) is 0 Å². The van der Waals surface area contributed by atoms with Gasteiger partial charge in [-0.15, -0.1) is 11.8 Å². The van der Waals surface area contributed by atoms with Crippen LogP contribution in [0.2, 0.25) is 0 Å². The van der Waals surface area contributed by atoms with E-state index in [1.807, 2.05) is 39.0 Å². The van der Waals surface area contributed by atoms with Crippen molar-refractivity contribution < 1.29 is 4.74 Å². The summed E-state index contributed by atoms with van der Waals surface area (Å²) < 4.78 is 5.88. The molecule has 0 saturated carbocycles. The highest BCUT2D eigenvalue weighted by Gasteiger charge is 2.19. The molecule has 1 atom stereocenters. The highest BCUT2D eigenvalue weighted by atomic mass is 32.2. The Kier molecular flexibility index (Phi) is 8.87. The van der Waals surface area contributed by atoms with Gasteiger partial charge in [0.05, 0.1) is 17.5 Å². The molecule has 3 aromatic heterocycles. The van der Waals surface area contributed by atoms with Crippen LogP contribution in [-0.4, -0.2) is 32.8 Å². The van der Waals surface area contributed by atoms with Gasteiger partial charge in [0.1, 0.15) is 34.7 Å². The molecule has 0 unspecified atom stereocenters. The first-order chi connectivity index (χ1) is 18.4. The zero-order valence-corrected chi connectivity index (χ0v) is 23.7. The van der Waals surface area contributed by atoms with E-state index >= 15 is 0 Å². The normalized spacial score (nSPS) is 14.7. The minimum atomic E-state index is 0.177. The molecule has 1 saturated heterocycles. The molecule has 1 aliphatic rings. The summed E-state index contributed by atoms with van der Waals surface area (Å²) in [7, 11) is 0. The summed E-state index contributed by atoms with van der Waals surface area (Å²) in [6, 6.07) is 14.4. The van der Waals surface area contributed by atoms with E-state index in [1.165, 1.54) is 5.56 Å². The van der Waals surface area contributed by atoms with E-state index in [1.54, 1.807) is 11.8 Å². The molecular weight excluding hydrogens is 494 g/mol. The van der Waals surface area contributed by atoms with E-state index in [9.17, 15) is 5.26 Å². The molecule has 1 fully saturated rings. The number of nitrogens with one attached hydrogen (secondary N) is 3. The van der Waals surface area contributed by atoms with Gasteiger partial charge in [-0.25, -0.2) is 15.0 Å². The van der Waals surface area contributed by atoms with E-state index in [4.69, 9.17) is 4.74 Å². The Labute approximate surface area is 228 Å². The smallest absolute Gasteiger partial charge is 0.181 e. The molecule has 198 valence electrons. The minimum absolute atomic E-state index is 0.177. The van der Waals surface area contributed by atoms with Gasteiger partial charge >= 0.3 is 0 Å². The number of hydrogen-bond donors (Lipinski definition) is 3. The van der Waals surface area contributed by atoms with Gasteiger partial charge in [-0.3, -0.25) is 0 Å². The molecule has 4 aromatic rings. The summed E-state index contributed by atoms with van der Waals surface area (Å²) in [6.07, 6.45) is 4.42. The number of aromatic amines is 1. The topological polar surface area (TPSA) is 112 Å². The number of aryl methyl sites for hydroxylation is 1. The third-order valence-electron chi connectivity index (χ3n) is 6.29. The van der Waals surface area contributed by atoms with Gasteiger partial charge in [-0.2, -0.15) is 5.26 Å². The summed E-state index contributed by atoms with van der Waals surface area (Å²) in [5.74, 6) is 2.15. The van der Waals surface area contributed by atoms with E-state index in [2.05, 4.69) is 74.9 Å². The molecule has 0 aliphatic carbocycles. The van der Waals surface area contributed by atoms with Crippen molar-refractivity contribution in [3.8, 4) is 6.07 Å². The van der Waals surface area contributed by atoms with Gasteiger partial charge in [-0.1, -0.05) is 39.8 Å². The van der Waals surface area contributed by atoms with Gasteiger partial charge < -0.3 is 20.4 Å². The Hall–Kier alpha value is -3.61. The monoisotopic (exact) mass is 529 g/mol. The van der Waals surface area contributed by atoms with Crippen LogP contribution in [0, 0.1) is 18.3 Å². The maximum atomic E-state index is 9.56. The lowest BCUT2D eigenvalue weighted by molar-refractivity contribution is 0.112. The van der Waals surface area contributed by atoms with Crippen molar-refractivity contribution in [3.63, 3.8) is 0 Å². The average Bonchev–Trinajstić information content (AvgIpc) is 3.59. The van der Waals surface area contributed by atoms with Crippen LogP contribution in [0.5, 0.6) is 0 Å². The lowest BCUT2D eigenvalue weighted by Crippen LogP contribution is -2.03. The number of rotatable bonds is 7. The first-order valence-electron chi connectivity index (χ1n) is 13.1. The largest absolute Gasteiger partial charge is 0.374 e. The first-order valence-corrected chi connectivity index (χ1v) is 14.3. The third-order valence-corrected chi connectivity index (χ3v) is 7.06. The number of benzene rings is 1. The summed E-state index contributed by atoms with van der Waals surface area (Å²) in [5, 5.41) is 16.4. The van der Waals surface area contributed by atoms with Crippen LogP contribution >= 0.6 is 11.8 Å². The molecule has 0 radical (unpaired) electrons. The zero-order chi connectivity index (χ0) is 27.2. The number of anilines is 4. The second-order valence-electron chi connectivity index (χ2n) is 9.19. The Morgan fingerprint density at radius 3 is 2.55 bits per heavy atom. The van der Waals surface area contributed by atoms with Crippen LogP contribution in [-0.2, 0) is 4.74 Å². The predicted octanol–water partition coefficient (Wildman–Crippen LogP) is 7.74. The maximum Gasteiger partial charge on any atom is 0.181 e. The Bertz CT molecular complexity index is 1450. The van der Waals surface area contributed by atoms with Crippen LogP contribution in [0.4, 0.5) is 23.0 Å². The molecule has 5 rings (SSSR count).